The Morgan fingerprint density at radius 1 is 1.14 bits per heavy atom. The molecule has 1 aliphatic heterocycles. The number of piperidine rings is 1. The van der Waals surface area contributed by atoms with Crippen molar-refractivity contribution in [3.05, 3.63) is 56.6 Å². The van der Waals surface area contributed by atoms with E-state index in [-0.39, 0.29) is 22.1 Å². The normalized spacial score (nSPS) is 14.0. The molecule has 3 aromatic rings. The number of halogens is 1. The van der Waals surface area contributed by atoms with Crippen LogP contribution in [-0.2, 0) is 0 Å². The molecule has 8 nitrogen and oxygen atoms in total. The van der Waals surface area contributed by atoms with E-state index in [9.17, 15) is 14.9 Å². The van der Waals surface area contributed by atoms with Gasteiger partial charge < -0.3 is 9.80 Å². The fourth-order valence-corrected chi connectivity index (χ4v) is 5.83. The van der Waals surface area contributed by atoms with Gasteiger partial charge in [0.15, 0.2) is 5.13 Å². The van der Waals surface area contributed by atoms with Crippen LogP contribution >= 0.6 is 22.9 Å². The molecule has 0 saturated carbocycles. The number of nitro benzene ring substituents is 1. The first-order chi connectivity index (χ1) is 17.3. The van der Waals surface area contributed by atoms with Crippen LogP contribution in [0.3, 0.4) is 0 Å². The lowest BCUT2D eigenvalue weighted by atomic mass is 10.1. The molecule has 0 radical (unpaired) electrons. The third kappa shape index (κ3) is 5.48. The zero-order valence-corrected chi connectivity index (χ0v) is 22.6. The highest BCUT2D eigenvalue weighted by Gasteiger charge is 2.27. The van der Waals surface area contributed by atoms with Crippen LogP contribution < -0.4 is 9.80 Å². The number of rotatable bonds is 9. The van der Waals surface area contributed by atoms with Crippen LogP contribution in [0.15, 0.2) is 30.3 Å². The number of nitrogens with zero attached hydrogens (tertiary/aromatic N) is 5. The summed E-state index contributed by atoms with van der Waals surface area (Å²) in [6.45, 7) is 10.5. The van der Waals surface area contributed by atoms with Crippen LogP contribution in [0.25, 0.3) is 10.2 Å². The van der Waals surface area contributed by atoms with Gasteiger partial charge in [-0.25, -0.2) is 4.98 Å². The first-order valence-corrected chi connectivity index (χ1v) is 13.7. The summed E-state index contributed by atoms with van der Waals surface area (Å²) < 4.78 is 0.943. The van der Waals surface area contributed by atoms with E-state index in [0.29, 0.717) is 28.9 Å². The first-order valence-electron chi connectivity index (χ1n) is 12.5. The molecule has 0 unspecified atom stereocenters. The lowest BCUT2D eigenvalue weighted by Crippen LogP contribution is -2.39. The molecule has 10 heteroatoms. The maximum Gasteiger partial charge on any atom is 0.293 e. The van der Waals surface area contributed by atoms with Crippen molar-refractivity contribution in [1.82, 2.24) is 9.88 Å². The van der Waals surface area contributed by atoms with Gasteiger partial charge in [-0.05, 0) is 69.1 Å². The molecule has 1 aliphatic rings. The second-order valence-electron chi connectivity index (χ2n) is 9.01. The zero-order valence-electron chi connectivity index (χ0n) is 21.0. The number of likely N-dealkylation sites (N-methyl/N-ethyl adjacent to an activating group) is 1. The maximum atomic E-state index is 13.8. The van der Waals surface area contributed by atoms with Gasteiger partial charge in [0.05, 0.1) is 15.1 Å². The predicted molar refractivity (Wildman–Crippen MR) is 148 cm³/mol. The quantitative estimate of drug-likeness (QED) is 0.244. The molecule has 1 fully saturated rings. The Bertz CT molecular complexity index is 1250. The van der Waals surface area contributed by atoms with Gasteiger partial charge in [-0.3, -0.25) is 19.8 Å². The number of amides is 1. The Kier molecular flexibility index (Phi) is 8.43. The van der Waals surface area contributed by atoms with E-state index in [1.165, 1.54) is 17.4 Å². The Morgan fingerprint density at radius 3 is 2.53 bits per heavy atom. The SMILES string of the molecule is CCN(CC)CCN(C(=O)c1ccc(N2CCCCC2)c([N+](=O)[O-])c1)c1nc2c(C)c(Cl)ccc2s1. The molecule has 0 spiro atoms. The van der Waals surface area contributed by atoms with Gasteiger partial charge in [-0.1, -0.05) is 36.8 Å². The van der Waals surface area contributed by atoms with Crippen LogP contribution in [0, 0.1) is 17.0 Å². The highest BCUT2D eigenvalue weighted by atomic mass is 35.5. The Labute approximate surface area is 220 Å². The number of anilines is 2. The van der Waals surface area contributed by atoms with Crippen molar-refractivity contribution in [1.29, 1.82) is 0 Å². The third-order valence-electron chi connectivity index (χ3n) is 6.86. The van der Waals surface area contributed by atoms with Gasteiger partial charge in [0.2, 0.25) is 0 Å². The van der Waals surface area contributed by atoms with E-state index in [1.54, 1.807) is 17.0 Å². The standard InChI is InChI=1S/C26H32ClN5O3S/c1-4-29(5-2)15-16-31(26-28-24-18(3)20(27)10-12-23(24)36-26)25(33)19-9-11-21(22(17-19)32(34)35)30-13-7-6-8-14-30/h9-12,17H,4-8,13-16H2,1-3H3. The molecule has 1 saturated heterocycles. The van der Waals surface area contributed by atoms with Crippen LogP contribution in [0.5, 0.6) is 0 Å². The van der Waals surface area contributed by atoms with Gasteiger partial charge in [0.25, 0.3) is 11.6 Å². The molecule has 36 heavy (non-hydrogen) atoms. The molecular formula is C26H32ClN5O3S. The van der Waals surface area contributed by atoms with Crippen molar-refractivity contribution in [2.45, 2.75) is 40.0 Å². The average molecular weight is 530 g/mol. The summed E-state index contributed by atoms with van der Waals surface area (Å²) in [6.07, 6.45) is 3.16. The number of benzene rings is 2. The minimum absolute atomic E-state index is 0.0293. The van der Waals surface area contributed by atoms with Crippen molar-refractivity contribution in [3.63, 3.8) is 0 Å². The smallest absolute Gasteiger partial charge is 0.293 e. The number of carbonyl (C=O) groups excluding carboxylic acids is 1. The highest BCUT2D eigenvalue weighted by molar-refractivity contribution is 7.22. The zero-order chi connectivity index (χ0) is 25.8. The molecule has 0 atom stereocenters. The molecular weight excluding hydrogens is 498 g/mol. The number of fused-ring (bicyclic) bond motifs is 1. The number of aromatic nitrogens is 1. The van der Waals surface area contributed by atoms with Gasteiger partial charge >= 0.3 is 0 Å². The lowest BCUT2D eigenvalue weighted by Gasteiger charge is -2.28. The summed E-state index contributed by atoms with van der Waals surface area (Å²) in [5.74, 6) is -0.293. The van der Waals surface area contributed by atoms with Gasteiger partial charge in [0.1, 0.15) is 5.69 Å². The molecule has 0 aliphatic carbocycles. The largest absolute Gasteiger partial charge is 0.366 e. The Balaban J connectivity index is 1.72. The molecule has 2 aromatic carbocycles. The highest BCUT2D eigenvalue weighted by Crippen LogP contribution is 2.35. The number of thiazole rings is 1. The molecule has 192 valence electrons. The van der Waals surface area contributed by atoms with Gasteiger partial charge in [0, 0.05) is 42.8 Å². The number of carbonyl (C=O) groups is 1. The van der Waals surface area contributed by atoms with Crippen molar-refractivity contribution in [3.8, 4) is 0 Å². The van der Waals surface area contributed by atoms with Crippen LogP contribution in [0.4, 0.5) is 16.5 Å². The van der Waals surface area contributed by atoms with E-state index in [4.69, 9.17) is 16.6 Å². The fraction of sp³-hybridized carbons (Fsp3) is 0.462. The molecule has 0 N–H and O–H groups in total. The van der Waals surface area contributed by atoms with Gasteiger partial charge in [-0.15, -0.1) is 0 Å². The second-order valence-corrected chi connectivity index (χ2v) is 10.4. The fourth-order valence-electron chi connectivity index (χ4n) is 4.63. The summed E-state index contributed by atoms with van der Waals surface area (Å²) in [5, 5.41) is 13.2. The summed E-state index contributed by atoms with van der Waals surface area (Å²) >= 11 is 7.74. The van der Waals surface area contributed by atoms with Crippen LogP contribution in [0.1, 0.15) is 49.0 Å². The molecule has 2 heterocycles. The van der Waals surface area contributed by atoms with Gasteiger partial charge in [-0.2, -0.15) is 0 Å². The molecule has 1 aromatic heterocycles. The van der Waals surface area contributed by atoms with E-state index in [2.05, 4.69) is 18.7 Å². The summed E-state index contributed by atoms with van der Waals surface area (Å²) in [5.41, 5.74) is 2.48. The number of aryl methyl sites for hydroxylation is 1. The predicted octanol–water partition coefficient (Wildman–Crippen LogP) is 6.15. The second kappa shape index (κ2) is 11.5. The summed E-state index contributed by atoms with van der Waals surface area (Å²) in [7, 11) is 0. The van der Waals surface area contributed by atoms with E-state index in [0.717, 1.165) is 61.2 Å². The topological polar surface area (TPSA) is 82.8 Å². The molecule has 0 bridgehead atoms. The van der Waals surface area contributed by atoms with Crippen molar-refractivity contribution < 1.29 is 9.72 Å². The monoisotopic (exact) mass is 529 g/mol. The van der Waals surface area contributed by atoms with Crippen molar-refractivity contribution in [2.24, 2.45) is 0 Å². The summed E-state index contributed by atoms with van der Waals surface area (Å²) in [6, 6.07) is 8.61. The number of hydrogen-bond acceptors (Lipinski definition) is 7. The first kappa shape index (κ1) is 26.3. The number of hydrogen-bond donors (Lipinski definition) is 0. The minimum Gasteiger partial charge on any atom is -0.366 e. The Hall–Kier alpha value is -2.75. The average Bonchev–Trinajstić information content (AvgIpc) is 3.33. The minimum atomic E-state index is -0.385. The Morgan fingerprint density at radius 2 is 1.86 bits per heavy atom. The maximum absolute atomic E-state index is 13.8. The summed E-state index contributed by atoms with van der Waals surface area (Å²) in [4.78, 5) is 36.1. The van der Waals surface area contributed by atoms with Crippen molar-refractivity contribution >= 4 is 55.6 Å². The van der Waals surface area contributed by atoms with E-state index < -0.39 is 0 Å². The number of nitro groups is 1. The van der Waals surface area contributed by atoms with E-state index in [1.807, 2.05) is 24.0 Å². The van der Waals surface area contributed by atoms with E-state index >= 15 is 0 Å². The molecule has 1 amide bonds. The van der Waals surface area contributed by atoms with Crippen molar-refractivity contribution in [2.75, 3.05) is 49.1 Å². The lowest BCUT2D eigenvalue weighted by molar-refractivity contribution is -0.384. The van der Waals surface area contributed by atoms with Crippen LogP contribution in [0.2, 0.25) is 5.02 Å². The molecule has 4 rings (SSSR count). The third-order valence-corrected chi connectivity index (χ3v) is 8.32. The van der Waals surface area contributed by atoms with Crippen LogP contribution in [-0.4, -0.2) is 60.0 Å².